The normalized spacial score (nSPS) is 19.0. The van der Waals surface area contributed by atoms with E-state index in [1.807, 2.05) is 4.90 Å². The fourth-order valence-corrected chi connectivity index (χ4v) is 2.55. The smallest absolute Gasteiger partial charge is 0.239 e. The molecule has 1 saturated heterocycles. The summed E-state index contributed by atoms with van der Waals surface area (Å²) in [5.74, 6) is 2.15. The molecule has 0 spiro atoms. The fraction of sp³-hybridized carbons (Fsp3) is 0.538. The van der Waals surface area contributed by atoms with Gasteiger partial charge in [0.2, 0.25) is 11.8 Å². The number of amides is 1. The van der Waals surface area contributed by atoms with Crippen molar-refractivity contribution in [2.75, 3.05) is 18.4 Å². The van der Waals surface area contributed by atoms with E-state index in [2.05, 4.69) is 20.6 Å². The molecule has 1 amide bonds. The number of carbonyl (C=O) groups excluding carboxylic acids is 1. The van der Waals surface area contributed by atoms with Crippen LogP contribution in [0.2, 0.25) is 0 Å². The lowest BCUT2D eigenvalue weighted by Gasteiger charge is -2.20. The van der Waals surface area contributed by atoms with E-state index in [1.165, 1.54) is 0 Å². The average molecular weight is 291 g/mol. The number of nitrogens with zero attached hydrogens (tertiary/aromatic N) is 4. The van der Waals surface area contributed by atoms with Crippen molar-refractivity contribution in [2.45, 2.75) is 32.7 Å². The Morgan fingerprint density at radius 3 is 2.95 bits per heavy atom. The Kier molecular flexibility index (Phi) is 3.70. The second kappa shape index (κ2) is 5.65. The number of rotatable bonds is 4. The highest BCUT2D eigenvalue weighted by molar-refractivity contribution is 5.91. The molecule has 112 valence electrons. The SMILES string of the molecule is Cc1cc(NC(=O)CN2CCC[C@H]2c2noc(C)n2)no1. The van der Waals surface area contributed by atoms with Crippen LogP contribution >= 0.6 is 0 Å². The molecule has 3 rings (SSSR count). The Bertz CT molecular complexity index is 635. The van der Waals surface area contributed by atoms with E-state index in [-0.39, 0.29) is 18.5 Å². The quantitative estimate of drug-likeness (QED) is 0.910. The second-order valence-corrected chi connectivity index (χ2v) is 5.17. The molecule has 0 saturated carbocycles. The van der Waals surface area contributed by atoms with Crippen molar-refractivity contribution in [3.63, 3.8) is 0 Å². The van der Waals surface area contributed by atoms with Crippen molar-refractivity contribution in [1.29, 1.82) is 0 Å². The number of likely N-dealkylation sites (tertiary alicyclic amines) is 1. The summed E-state index contributed by atoms with van der Waals surface area (Å²) in [4.78, 5) is 18.4. The summed E-state index contributed by atoms with van der Waals surface area (Å²) in [5.41, 5.74) is 0. The zero-order valence-corrected chi connectivity index (χ0v) is 12.0. The first kappa shape index (κ1) is 13.7. The van der Waals surface area contributed by atoms with Crippen LogP contribution in [0.3, 0.4) is 0 Å². The van der Waals surface area contributed by atoms with Gasteiger partial charge in [0, 0.05) is 13.0 Å². The Hall–Kier alpha value is -2.22. The molecule has 3 heterocycles. The first-order chi connectivity index (χ1) is 10.1. The van der Waals surface area contributed by atoms with E-state index in [1.54, 1.807) is 19.9 Å². The van der Waals surface area contributed by atoms with Gasteiger partial charge in [0.05, 0.1) is 12.6 Å². The molecule has 21 heavy (non-hydrogen) atoms. The van der Waals surface area contributed by atoms with Crippen molar-refractivity contribution in [1.82, 2.24) is 20.2 Å². The molecule has 1 fully saturated rings. The van der Waals surface area contributed by atoms with Crippen LogP contribution in [0.15, 0.2) is 15.1 Å². The predicted octanol–water partition coefficient (Wildman–Crippen LogP) is 1.45. The summed E-state index contributed by atoms with van der Waals surface area (Å²) < 4.78 is 9.94. The van der Waals surface area contributed by atoms with Gasteiger partial charge in [-0.1, -0.05) is 10.3 Å². The van der Waals surface area contributed by atoms with Crippen LogP contribution in [-0.4, -0.2) is 39.2 Å². The molecule has 2 aromatic heterocycles. The van der Waals surface area contributed by atoms with Gasteiger partial charge in [-0.3, -0.25) is 9.69 Å². The Balaban J connectivity index is 1.62. The minimum absolute atomic E-state index is 0.0345. The standard InChI is InChI=1S/C13H17N5O3/c1-8-6-11(16-20-8)15-12(19)7-18-5-3-4-10(18)13-14-9(2)21-17-13/h6,10H,3-5,7H2,1-2H3,(H,15,16,19)/t10-/m0/s1. The largest absolute Gasteiger partial charge is 0.360 e. The van der Waals surface area contributed by atoms with Gasteiger partial charge in [-0.2, -0.15) is 4.98 Å². The van der Waals surface area contributed by atoms with Crippen LogP contribution in [0.25, 0.3) is 0 Å². The zero-order chi connectivity index (χ0) is 14.8. The molecular weight excluding hydrogens is 274 g/mol. The highest BCUT2D eigenvalue weighted by Crippen LogP contribution is 2.29. The molecular formula is C13H17N5O3. The number of aryl methyl sites for hydroxylation is 2. The van der Waals surface area contributed by atoms with Crippen LogP contribution in [-0.2, 0) is 4.79 Å². The van der Waals surface area contributed by atoms with Gasteiger partial charge >= 0.3 is 0 Å². The predicted molar refractivity (Wildman–Crippen MR) is 72.5 cm³/mol. The molecule has 1 atom stereocenters. The first-order valence-electron chi connectivity index (χ1n) is 6.89. The Morgan fingerprint density at radius 1 is 1.43 bits per heavy atom. The summed E-state index contributed by atoms with van der Waals surface area (Å²) in [7, 11) is 0. The average Bonchev–Trinajstić information content (AvgIpc) is 3.12. The molecule has 0 aliphatic carbocycles. The van der Waals surface area contributed by atoms with Gasteiger partial charge < -0.3 is 14.4 Å². The molecule has 0 aromatic carbocycles. The summed E-state index contributed by atoms with van der Waals surface area (Å²) in [6.07, 6.45) is 1.93. The van der Waals surface area contributed by atoms with Gasteiger partial charge in [0.15, 0.2) is 11.6 Å². The van der Waals surface area contributed by atoms with Gasteiger partial charge in [-0.15, -0.1) is 0 Å². The maximum Gasteiger partial charge on any atom is 0.239 e. The van der Waals surface area contributed by atoms with Crippen molar-refractivity contribution in [3.8, 4) is 0 Å². The van der Waals surface area contributed by atoms with E-state index in [0.717, 1.165) is 19.4 Å². The maximum absolute atomic E-state index is 12.1. The highest BCUT2D eigenvalue weighted by Gasteiger charge is 2.31. The second-order valence-electron chi connectivity index (χ2n) is 5.17. The molecule has 1 aliphatic heterocycles. The summed E-state index contributed by atoms with van der Waals surface area (Å²) in [5, 5.41) is 10.4. The van der Waals surface area contributed by atoms with Crippen LogP contribution < -0.4 is 5.32 Å². The van der Waals surface area contributed by atoms with Gasteiger partial charge in [0.25, 0.3) is 0 Å². The Morgan fingerprint density at radius 2 is 2.29 bits per heavy atom. The number of hydrogen-bond donors (Lipinski definition) is 1. The van der Waals surface area contributed by atoms with Gasteiger partial charge in [-0.05, 0) is 26.3 Å². The number of carbonyl (C=O) groups is 1. The van der Waals surface area contributed by atoms with Gasteiger partial charge in [-0.25, -0.2) is 0 Å². The van der Waals surface area contributed by atoms with Crippen LogP contribution in [0.5, 0.6) is 0 Å². The van der Waals surface area contributed by atoms with E-state index < -0.39 is 0 Å². The molecule has 0 unspecified atom stereocenters. The third-order valence-corrected chi connectivity index (χ3v) is 3.45. The molecule has 0 radical (unpaired) electrons. The molecule has 0 bridgehead atoms. The van der Waals surface area contributed by atoms with Crippen molar-refractivity contribution >= 4 is 11.7 Å². The third kappa shape index (κ3) is 3.10. The summed E-state index contributed by atoms with van der Waals surface area (Å²) in [6, 6.07) is 1.72. The summed E-state index contributed by atoms with van der Waals surface area (Å²) in [6.45, 7) is 4.64. The molecule has 8 nitrogen and oxygen atoms in total. The summed E-state index contributed by atoms with van der Waals surface area (Å²) >= 11 is 0. The monoisotopic (exact) mass is 291 g/mol. The lowest BCUT2D eigenvalue weighted by molar-refractivity contribution is -0.117. The van der Waals surface area contributed by atoms with Crippen LogP contribution in [0, 0.1) is 13.8 Å². The van der Waals surface area contributed by atoms with Gasteiger partial charge in [0.1, 0.15) is 5.76 Å². The highest BCUT2D eigenvalue weighted by atomic mass is 16.5. The third-order valence-electron chi connectivity index (χ3n) is 3.45. The fourth-order valence-electron chi connectivity index (χ4n) is 2.55. The minimum Gasteiger partial charge on any atom is -0.360 e. The molecule has 1 N–H and O–H groups in total. The number of nitrogens with one attached hydrogen (secondary N) is 1. The molecule has 2 aromatic rings. The van der Waals surface area contributed by atoms with Crippen molar-refractivity contribution in [3.05, 3.63) is 23.5 Å². The first-order valence-corrected chi connectivity index (χ1v) is 6.89. The van der Waals surface area contributed by atoms with Crippen LogP contribution in [0.4, 0.5) is 5.82 Å². The van der Waals surface area contributed by atoms with Crippen LogP contribution in [0.1, 0.15) is 36.4 Å². The molecule has 8 heteroatoms. The Labute approximate surface area is 121 Å². The van der Waals surface area contributed by atoms with E-state index >= 15 is 0 Å². The van der Waals surface area contributed by atoms with E-state index in [0.29, 0.717) is 23.3 Å². The zero-order valence-electron chi connectivity index (χ0n) is 12.0. The number of aromatic nitrogens is 3. The topological polar surface area (TPSA) is 97.3 Å². The lowest BCUT2D eigenvalue weighted by Crippen LogP contribution is -2.33. The minimum atomic E-state index is -0.129. The van der Waals surface area contributed by atoms with Crippen molar-refractivity contribution in [2.24, 2.45) is 0 Å². The maximum atomic E-state index is 12.1. The van der Waals surface area contributed by atoms with E-state index in [4.69, 9.17) is 9.05 Å². The molecule has 1 aliphatic rings. The lowest BCUT2D eigenvalue weighted by atomic mass is 10.2. The number of anilines is 1. The number of hydrogen-bond acceptors (Lipinski definition) is 7. The van der Waals surface area contributed by atoms with Crippen molar-refractivity contribution < 1.29 is 13.8 Å². The van der Waals surface area contributed by atoms with E-state index in [9.17, 15) is 4.79 Å².